The molecule has 0 radical (unpaired) electrons. The first kappa shape index (κ1) is 19.8. The smallest absolute Gasteiger partial charge is 0.250 e. The molecule has 6 heteroatoms. The standard InChI is InChI=1S/C22H25NO5/c1-25-19-9-8-18(21(12-19)26-2)13-23-14-20(28-11-10-22(23)24)16-27-15-17-6-4-3-5-7-17/h3-12,20H,13-16H2,1-2H3/t20-/m0/s1. The summed E-state index contributed by atoms with van der Waals surface area (Å²) in [4.78, 5) is 14.2. The minimum absolute atomic E-state index is 0.108. The van der Waals surface area contributed by atoms with Gasteiger partial charge in [-0.3, -0.25) is 4.79 Å². The van der Waals surface area contributed by atoms with Crippen LogP contribution < -0.4 is 9.47 Å². The van der Waals surface area contributed by atoms with Gasteiger partial charge in [-0.25, -0.2) is 0 Å². The van der Waals surface area contributed by atoms with Crippen LogP contribution in [0.3, 0.4) is 0 Å². The molecular formula is C22H25NO5. The van der Waals surface area contributed by atoms with Crippen molar-refractivity contribution < 1.29 is 23.7 Å². The van der Waals surface area contributed by atoms with Crippen molar-refractivity contribution in [2.45, 2.75) is 19.3 Å². The van der Waals surface area contributed by atoms with Gasteiger partial charge in [0.15, 0.2) is 0 Å². The summed E-state index contributed by atoms with van der Waals surface area (Å²) in [5.74, 6) is 1.28. The van der Waals surface area contributed by atoms with E-state index in [-0.39, 0.29) is 12.0 Å². The van der Waals surface area contributed by atoms with Crippen LogP contribution in [0.4, 0.5) is 0 Å². The number of methoxy groups -OCH3 is 2. The highest BCUT2D eigenvalue weighted by molar-refractivity contribution is 5.87. The molecule has 3 rings (SSSR count). The van der Waals surface area contributed by atoms with Crippen molar-refractivity contribution in [2.24, 2.45) is 0 Å². The quantitative estimate of drug-likeness (QED) is 0.701. The summed E-state index contributed by atoms with van der Waals surface area (Å²) < 4.78 is 22.1. The van der Waals surface area contributed by atoms with Crippen LogP contribution in [0, 0.1) is 0 Å². The molecule has 0 spiro atoms. The number of hydrogen-bond donors (Lipinski definition) is 0. The molecule has 0 saturated carbocycles. The Balaban J connectivity index is 1.62. The van der Waals surface area contributed by atoms with Gasteiger partial charge in [0, 0.05) is 24.3 Å². The van der Waals surface area contributed by atoms with E-state index >= 15 is 0 Å². The van der Waals surface area contributed by atoms with Gasteiger partial charge in [0.05, 0.1) is 40.2 Å². The van der Waals surface area contributed by atoms with Crippen molar-refractivity contribution >= 4 is 5.91 Å². The Morgan fingerprint density at radius 3 is 2.68 bits per heavy atom. The molecule has 0 fully saturated rings. The number of nitrogens with zero attached hydrogens (tertiary/aromatic N) is 1. The number of carbonyl (C=O) groups is 1. The molecule has 28 heavy (non-hydrogen) atoms. The zero-order valence-corrected chi connectivity index (χ0v) is 16.2. The highest BCUT2D eigenvalue weighted by Crippen LogP contribution is 2.26. The van der Waals surface area contributed by atoms with Crippen LogP contribution in [0.25, 0.3) is 0 Å². The van der Waals surface area contributed by atoms with Crippen LogP contribution in [0.2, 0.25) is 0 Å². The molecule has 0 unspecified atom stereocenters. The monoisotopic (exact) mass is 383 g/mol. The minimum atomic E-state index is -0.240. The summed E-state index contributed by atoms with van der Waals surface area (Å²) in [6.45, 7) is 1.73. The van der Waals surface area contributed by atoms with E-state index in [1.54, 1.807) is 19.1 Å². The molecule has 2 aromatic rings. The summed E-state index contributed by atoms with van der Waals surface area (Å²) in [5, 5.41) is 0. The molecule has 6 nitrogen and oxygen atoms in total. The molecule has 0 aliphatic carbocycles. The molecule has 0 saturated heterocycles. The number of ether oxygens (including phenoxy) is 4. The van der Waals surface area contributed by atoms with E-state index in [4.69, 9.17) is 18.9 Å². The maximum absolute atomic E-state index is 12.4. The predicted molar refractivity (Wildman–Crippen MR) is 105 cm³/mol. The van der Waals surface area contributed by atoms with Gasteiger partial charge in [0.1, 0.15) is 17.6 Å². The second-order valence-electron chi connectivity index (χ2n) is 6.46. The van der Waals surface area contributed by atoms with Crippen molar-refractivity contribution in [1.82, 2.24) is 4.90 Å². The van der Waals surface area contributed by atoms with E-state index in [1.807, 2.05) is 48.5 Å². The lowest BCUT2D eigenvalue weighted by Gasteiger charge is -2.25. The highest BCUT2D eigenvalue weighted by atomic mass is 16.5. The second kappa shape index (κ2) is 9.80. The van der Waals surface area contributed by atoms with Crippen LogP contribution in [0.1, 0.15) is 11.1 Å². The molecule has 0 bridgehead atoms. The maximum Gasteiger partial charge on any atom is 0.250 e. The number of amides is 1. The number of carbonyl (C=O) groups excluding carboxylic acids is 1. The van der Waals surface area contributed by atoms with E-state index in [0.29, 0.717) is 37.8 Å². The lowest BCUT2D eigenvalue weighted by Crippen LogP contribution is -2.37. The molecule has 2 aromatic carbocycles. The van der Waals surface area contributed by atoms with Crippen molar-refractivity contribution in [3.05, 3.63) is 72.0 Å². The predicted octanol–water partition coefficient (Wildman–Crippen LogP) is 3.16. The van der Waals surface area contributed by atoms with Crippen LogP contribution in [0.5, 0.6) is 11.5 Å². The highest BCUT2D eigenvalue weighted by Gasteiger charge is 2.23. The van der Waals surface area contributed by atoms with E-state index in [1.165, 1.54) is 12.3 Å². The number of rotatable bonds is 8. The van der Waals surface area contributed by atoms with Gasteiger partial charge in [-0.1, -0.05) is 30.3 Å². The Labute approximate surface area is 165 Å². The first-order valence-corrected chi connectivity index (χ1v) is 9.13. The van der Waals surface area contributed by atoms with Gasteiger partial charge < -0.3 is 23.8 Å². The molecule has 0 aromatic heterocycles. The third-order valence-corrected chi connectivity index (χ3v) is 4.49. The Morgan fingerprint density at radius 2 is 1.93 bits per heavy atom. The lowest BCUT2D eigenvalue weighted by atomic mass is 10.1. The van der Waals surface area contributed by atoms with Gasteiger partial charge in [-0.2, -0.15) is 0 Å². The van der Waals surface area contributed by atoms with Crippen LogP contribution in [-0.2, 0) is 27.4 Å². The largest absolute Gasteiger partial charge is 0.497 e. The summed E-state index contributed by atoms with van der Waals surface area (Å²) >= 11 is 0. The lowest BCUT2D eigenvalue weighted by molar-refractivity contribution is -0.127. The third kappa shape index (κ3) is 5.27. The summed E-state index contributed by atoms with van der Waals surface area (Å²) in [6, 6.07) is 15.5. The second-order valence-corrected chi connectivity index (χ2v) is 6.46. The van der Waals surface area contributed by atoms with Crippen LogP contribution >= 0.6 is 0 Å². The molecule has 148 valence electrons. The van der Waals surface area contributed by atoms with E-state index < -0.39 is 0 Å². The Hall–Kier alpha value is -2.99. The maximum atomic E-state index is 12.4. The Morgan fingerprint density at radius 1 is 1.11 bits per heavy atom. The van der Waals surface area contributed by atoms with Gasteiger partial charge >= 0.3 is 0 Å². The van der Waals surface area contributed by atoms with Gasteiger partial charge in [-0.15, -0.1) is 0 Å². The van der Waals surface area contributed by atoms with Crippen LogP contribution in [-0.4, -0.2) is 44.3 Å². The van der Waals surface area contributed by atoms with E-state index in [0.717, 1.165) is 11.1 Å². The Bertz CT molecular complexity index is 806. The topological polar surface area (TPSA) is 57.2 Å². The molecule has 1 amide bonds. The van der Waals surface area contributed by atoms with Crippen LogP contribution in [0.15, 0.2) is 60.9 Å². The molecule has 0 N–H and O–H groups in total. The summed E-state index contributed by atoms with van der Waals surface area (Å²) in [6.07, 6.45) is 2.65. The fraction of sp³-hybridized carbons (Fsp3) is 0.318. The van der Waals surface area contributed by atoms with Crippen molar-refractivity contribution in [3.8, 4) is 11.5 Å². The zero-order valence-electron chi connectivity index (χ0n) is 16.2. The first-order valence-electron chi connectivity index (χ1n) is 9.13. The van der Waals surface area contributed by atoms with Crippen molar-refractivity contribution in [3.63, 3.8) is 0 Å². The molecular weight excluding hydrogens is 358 g/mol. The summed E-state index contributed by atoms with van der Waals surface area (Å²) in [7, 11) is 3.21. The first-order chi connectivity index (χ1) is 13.7. The molecule has 1 heterocycles. The van der Waals surface area contributed by atoms with E-state index in [9.17, 15) is 4.79 Å². The zero-order chi connectivity index (χ0) is 19.8. The number of benzene rings is 2. The van der Waals surface area contributed by atoms with Gasteiger partial charge in [0.2, 0.25) is 5.91 Å². The fourth-order valence-electron chi connectivity index (χ4n) is 3.00. The molecule has 1 atom stereocenters. The van der Waals surface area contributed by atoms with E-state index in [2.05, 4.69) is 0 Å². The Kier molecular flexibility index (Phi) is 6.92. The SMILES string of the molecule is COc1ccc(CN2C[C@@H](COCc3ccccc3)OC=CC2=O)c(OC)c1. The number of hydrogen-bond acceptors (Lipinski definition) is 5. The van der Waals surface area contributed by atoms with Gasteiger partial charge in [0.25, 0.3) is 0 Å². The minimum Gasteiger partial charge on any atom is -0.497 e. The fourth-order valence-corrected chi connectivity index (χ4v) is 3.00. The third-order valence-electron chi connectivity index (χ3n) is 4.49. The molecule has 1 aliphatic rings. The summed E-state index contributed by atoms with van der Waals surface area (Å²) in [5.41, 5.74) is 2.00. The molecule has 1 aliphatic heterocycles. The van der Waals surface area contributed by atoms with Crippen molar-refractivity contribution in [2.75, 3.05) is 27.4 Å². The van der Waals surface area contributed by atoms with Gasteiger partial charge in [-0.05, 0) is 17.7 Å². The van der Waals surface area contributed by atoms with Crippen molar-refractivity contribution in [1.29, 1.82) is 0 Å². The normalized spacial score (nSPS) is 16.4. The average Bonchev–Trinajstić information content (AvgIpc) is 2.90. The average molecular weight is 383 g/mol.